The van der Waals surface area contributed by atoms with E-state index in [0.717, 1.165) is 23.7 Å². The minimum absolute atomic E-state index is 0.0359. The highest BCUT2D eigenvalue weighted by Crippen LogP contribution is 2.25. The molecule has 4 N–H and O–H groups in total. The third kappa shape index (κ3) is 5.86. The standard InChI is InChI=1S/C15H13N5O2.C6H12O/c1-17-14(21)13-7-11(4-5-18-13)22-10-2-3-12-9(6-10)8-19-15(16)20-12;7-6-4-2-1-3-5-6/h2-8H,1H3,(H,17,21)(H2,16,19,20);6-7H,1-5H2. The predicted molar refractivity (Wildman–Crippen MR) is 111 cm³/mol. The van der Waals surface area contributed by atoms with Crippen LogP contribution in [0.2, 0.25) is 0 Å². The number of amides is 1. The maximum absolute atomic E-state index is 11.6. The van der Waals surface area contributed by atoms with Gasteiger partial charge >= 0.3 is 0 Å². The number of fused-ring (bicyclic) bond motifs is 1. The Morgan fingerprint density at radius 3 is 2.59 bits per heavy atom. The lowest BCUT2D eigenvalue weighted by Crippen LogP contribution is -2.18. The molecule has 0 atom stereocenters. The molecule has 1 aliphatic rings. The first-order valence-corrected chi connectivity index (χ1v) is 9.61. The molecule has 8 nitrogen and oxygen atoms in total. The van der Waals surface area contributed by atoms with Crippen LogP contribution in [0.1, 0.15) is 42.6 Å². The van der Waals surface area contributed by atoms with E-state index in [1.54, 1.807) is 43.6 Å². The van der Waals surface area contributed by atoms with E-state index in [9.17, 15) is 4.79 Å². The van der Waals surface area contributed by atoms with Crippen molar-refractivity contribution in [1.82, 2.24) is 20.3 Å². The number of hydrogen-bond acceptors (Lipinski definition) is 7. The minimum atomic E-state index is -0.271. The summed E-state index contributed by atoms with van der Waals surface area (Å²) >= 11 is 0. The van der Waals surface area contributed by atoms with Crippen LogP contribution in [0, 0.1) is 0 Å². The summed E-state index contributed by atoms with van der Waals surface area (Å²) in [6, 6.07) is 8.62. The summed E-state index contributed by atoms with van der Waals surface area (Å²) in [5.74, 6) is 1.08. The number of aromatic nitrogens is 3. The number of carbonyl (C=O) groups excluding carboxylic acids is 1. The first-order valence-electron chi connectivity index (χ1n) is 9.61. The fourth-order valence-electron chi connectivity index (χ4n) is 3.03. The summed E-state index contributed by atoms with van der Waals surface area (Å²) in [6.07, 6.45) is 9.07. The van der Waals surface area contributed by atoms with E-state index in [4.69, 9.17) is 15.6 Å². The van der Waals surface area contributed by atoms with E-state index in [2.05, 4.69) is 20.3 Å². The van der Waals surface area contributed by atoms with Crippen LogP contribution in [0.5, 0.6) is 11.5 Å². The van der Waals surface area contributed by atoms with Gasteiger partial charge in [-0.15, -0.1) is 0 Å². The molecule has 2 heterocycles. The van der Waals surface area contributed by atoms with E-state index in [0.29, 0.717) is 11.5 Å². The van der Waals surface area contributed by atoms with Crippen molar-refractivity contribution in [3.05, 3.63) is 48.4 Å². The Morgan fingerprint density at radius 2 is 1.90 bits per heavy atom. The lowest BCUT2D eigenvalue weighted by atomic mass is 9.98. The van der Waals surface area contributed by atoms with Crippen LogP contribution >= 0.6 is 0 Å². The maximum Gasteiger partial charge on any atom is 0.269 e. The fraction of sp³-hybridized carbons (Fsp3) is 0.333. The molecule has 3 aromatic rings. The van der Waals surface area contributed by atoms with Crippen LogP contribution in [0.15, 0.2) is 42.7 Å². The number of aliphatic hydroxyl groups excluding tert-OH is 1. The highest BCUT2D eigenvalue weighted by molar-refractivity contribution is 5.92. The van der Waals surface area contributed by atoms with Crippen molar-refractivity contribution in [2.45, 2.75) is 38.2 Å². The van der Waals surface area contributed by atoms with Crippen LogP contribution in [0.4, 0.5) is 5.95 Å². The van der Waals surface area contributed by atoms with E-state index in [-0.39, 0.29) is 23.7 Å². The average molecular weight is 395 g/mol. The molecular formula is C21H25N5O3. The van der Waals surface area contributed by atoms with Crippen molar-refractivity contribution in [2.24, 2.45) is 0 Å². The molecule has 1 amide bonds. The normalized spacial score (nSPS) is 14.0. The van der Waals surface area contributed by atoms with Gasteiger partial charge in [0.2, 0.25) is 5.95 Å². The van der Waals surface area contributed by atoms with Crippen molar-refractivity contribution in [3.63, 3.8) is 0 Å². The van der Waals surface area contributed by atoms with Crippen LogP contribution < -0.4 is 15.8 Å². The SMILES string of the molecule is CNC(=O)c1cc(Oc2ccc3nc(N)ncc3c2)ccn1.OC1CCCCC1. The van der Waals surface area contributed by atoms with E-state index >= 15 is 0 Å². The molecule has 1 aromatic carbocycles. The number of nitrogen functional groups attached to an aromatic ring is 1. The summed E-state index contributed by atoms with van der Waals surface area (Å²) in [5, 5.41) is 12.2. The molecule has 0 radical (unpaired) electrons. The number of hydrogen-bond donors (Lipinski definition) is 3. The zero-order valence-corrected chi connectivity index (χ0v) is 16.3. The summed E-state index contributed by atoms with van der Waals surface area (Å²) in [7, 11) is 1.55. The van der Waals surface area contributed by atoms with Gasteiger partial charge in [-0.1, -0.05) is 19.3 Å². The Balaban J connectivity index is 0.000000290. The van der Waals surface area contributed by atoms with Gasteiger partial charge in [0.05, 0.1) is 11.6 Å². The number of aliphatic hydroxyl groups is 1. The van der Waals surface area contributed by atoms with Gasteiger partial charge in [-0.3, -0.25) is 9.78 Å². The Labute approximate surface area is 169 Å². The quantitative estimate of drug-likeness (QED) is 0.623. The molecule has 0 spiro atoms. The predicted octanol–water partition coefficient (Wildman–Crippen LogP) is 3.07. The van der Waals surface area contributed by atoms with Gasteiger partial charge in [-0.2, -0.15) is 0 Å². The first kappa shape index (κ1) is 20.5. The molecule has 2 aromatic heterocycles. The number of ether oxygens (including phenoxy) is 1. The van der Waals surface area contributed by atoms with E-state index in [1.807, 2.05) is 0 Å². The van der Waals surface area contributed by atoms with Crippen molar-refractivity contribution in [2.75, 3.05) is 12.8 Å². The van der Waals surface area contributed by atoms with Crippen LogP contribution in [0.3, 0.4) is 0 Å². The second kappa shape index (κ2) is 9.79. The Kier molecular flexibility index (Phi) is 6.91. The third-order valence-electron chi connectivity index (χ3n) is 4.57. The number of nitrogens with one attached hydrogen (secondary N) is 1. The van der Waals surface area contributed by atoms with Gasteiger partial charge in [0.15, 0.2) is 0 Å². The number of nitrogens with two attached hydrogens (primary N) is 1. The molecule has 4 rings (SSSR count). The molecule has 0 saturated heterocycles. The highest BCUT2D eigenvalue weighted by atomic mass is 16.5. The number of pyridine rings is 1. The Morgan fingerprint density at radius 1 is 1.14 bits per heavy atom. The summed E-state index contributed by atoms with van der Waals surface area (Å²) in [5.41, 5.74) is 6.57. The van der Waals surface area contributed by atoms with Gasteiger partial charge in [0, 0.05) is 30.9 Å². The topological polar surface area (TPSA) is 123 Å². The van der Waals surface area contributed by atoms with Gasteiger partial charge in [-0.25, -0.2) is 9.97 Å². The molecule has 1 fully saturated rings. The molecule has 8 heteroatoms. The van der Waals surface area contributed by atoms with Gasteiger partial charge in [0.25, 0.3) is 5.91 Å². The summed E-state index contributed by atoms with van der Waals surface area (Å²) in [6.45, 7) is 0. The number of carbonyl (C=O) groups is 1. The second-order valence-corrected chi connectivity index (χ2v) is 6.80. The van der Waals surface area contributed by atoms with Gasteiger partial charge < -0.3 is 20.9 Å². The Hall–Kier alpha value is -3.26. The smallest absolute Gasteiger partial charge is 0.269 e. The molecule has 0 bridgehead atoms. The zero-order valence-electron chi connectivity index (χ0n) is 16.3. The summed E-state index contributed by atoms with van der Waals surface area (Å²) < 4.78 is 5.75. The average Bonchev–Trinajstić information content (AvgIpc) is 2.74. The minimum Gasteiger partial charge on any atom is -0.457 e. The number of rotatable bonds is 3. The van der Waals surface area contributed by atoms with Crippen molar-refractivity contribution in [3.8, 4) is 11.5 Å². The maximum atomic E-state index is 11.6. The zero-order chi connectivity index (χ0) is 20.6. The van der Waals surface area contributed by atoms with Crippen molar-refractivity contribution >= 4 is 22.8 Å². The lowest BCUT2D eigenvalue weighted by molar-refractivity contribution is 0.0957. The molecule has 1 saturated carbocycles. The second-order valence-electron chi connectivity index (χ2n) is 6.80. The molecule has 29 heavy (non-hydrogen) atoms. The van der Waals surface area contributed by atoms with Crippen molar-refractivity contribution in [1.29, 1.82) is 0 Å². The number of benzene rings is 1. The lowest BCUT2D eigenvalue weighted by Gasteiger charge is -2.14. The van der Waals surface area contributed by atoms with E-state index < -0.39 is 0 Å². The van der Waals surface area contributed by atoms with Gasteiger partial charge in [0.1, 0.15) is 17.2 Å². The summed E-state index contributed by atoms with van der Waals surface area (Å²) in [4.78, 5) is 23.6. The largest absolute Gasteiger partial charge is 0.457 e. The number of anilines is 1. The van der Waals surface area contributed by atoms with Crippen LogP contribution in [0.25, 0.3) is 10.9 Å². The molecule has 1 aliphatic carbocycles. The van der Waals surface area contributed by atoms with Crippen molar-refractivity contribution < 1.29 is 14.6 Å². The molecule has 152 valence electrons. The fourth-order valence-corrected chi connectivity index (χ4v) is 3.03. The highest BCUT2D eigenvalue weighted by Gasteiger charge is 2.08. The molecule has 0 unspecified atom stereocenters. The van der Waals surface area contributed by atoms with Crippen LogP contribution in [-0.4, -0.2) is 39.1 Å². The third-order valence-corrected chi connectivity index (χ3v) is 4.57. The van der Waals surface area contributed by atoms with E-state index in [1.165, 1.54) is 25.5 Å². The van der Waals surface area contributed by atoms with Gasteiger partial charge in [-0.05, 0) is 37.1 Å². The Bertz CT molecular complexity index is 973. The number of nitrogens with zero attached hydrogens (tertiary/aromatic N) is 3. The first-order chi connectivity index (χ1) is 14.0. The van der Waals surface area contributed by atoms with Crippen LogP contribution in [-0.2, 0) is 0 Å². The monoisotopic (exact) mass is 395 g/mol. The molecule has 0 aliphatic heterocycles. The molecular weight excluding hydrogens is 370 g/mol.